The lowest BCUT2D eigenvalue weighted by atomic mass is 9.64. The van der Waals surface area contributed by atoms with E-state index in [9.17, 15) is 5.11 Å². The van der Waals surface area contributed by atoms with Gasteiger partial charge in [0, 0.05) is 35.7 Å². The van der Waals surface area contributed by atoms with E-state index in [1.807, 2.05) is 0 Å². The van der Waals surface area contributed by atoms with Gasteiger partial charge in [0.1, 0.15) is 5.75 Å². The number of nitrogens with one attached hydrogen (secondary N) is 1. The van der Waals surface area contributed by atoms with Gasteiger partial charge in [-0.05, 0) is 18.6 Å². The molecule has 106 valence electrons. The van der Waals surface area contributed by atoms with Crippen LogP contribution in [-0.2, 0) is 11.3 Å². The van der Waals surface area contributed by atoms with Crippen molar-refractivity contribution in [2.24, 2.45) is 5.41 Å². The largest absolute Gasteiger partial charge is 0.506 e. The lowest BCUT2D eigenvalue weighted by Crippen LogP contribution is -2.60. The number of phenolic OH excluding ortho intramolecular Hbond substituents is 1. The first-order valence-corrected chi connectivity index (χ1v) is 7.05. The van der Waals surface area contributed by atoms with E-state index in [1.165, 1.54) is 6.07 Å². The second-order valence-corrected chi connectivity index (χ2v) is 6.45. The average molecular weight is 304 g/mol. The van der Waals surface area contributed by atoms with E-state index in [2.05, 4.69) is 19.2 Å². The molecule has 0 radical (unpaired) electrons. The van der Waals surface area contributed by atoms with Gasteiger partial charge in [0.05, 0.1) is 11.1 Å². The summed E-state index contributed by atoms with van der Waals surface area (Å²) in [5.41, 5.74) is 0.807. The molecule has 19 heavy (non-hydrogen) atoms. The van der Waals surface area contributed by atoms with Crippen LogP contribution in [0.5, 0.6) is 5.75 Å². The number of hydrogen-bond acceptors (Lipinski definition) is 3. The van der Waals surface area contributed by atoms with Gasteiger partial charge in [-0.15, -0.1) is 0 Å². The first kappa shape index (κ1) is 14.9. The Morgan fingerprint density at radius 3 is 2.68 bits per heavy atom. The van der Waals surface area contributed by atoms with Crippen LogP contribution in [0.4, 0.5) is 0 Å². The number of halogens is 2. The number of hydrogen-bond donors (Lipinski definition) is 2. The summed E-state index contributed by atoms with van der Waals surface area (Å²) in [4.78, 5) is 0. The standard InChI is InChI=1S/C14H19Cl2NO2/c1-14(2)11(6-12(14)19-3)17-7-8-4-9(15)5-10(16)13(8)18/h4-5,11-12,17-18H,6-7H2,1-3H3. The lowest BCUT2D eigenvalue weighted by Gasteiger charge is -2.51. The van der Waals surface area contributed by atoms with Crippen molar-refractivity contribution in [1.29, 1.82) is 0 Å². The molecule has 2 N–H and O–H groups in total. The highest BCUT2D eigenvalue weighted by Gasteiger charge is 2.48. The van der Waals surface area contributed by atoms with Crippen molar-refractivity contribution in [2.75, 3.05) is 7.11 Å². The molecule has 1 aromatic rings. The maximum absolute atomic E-state index is 9.90. The molecule has 1 aliphatic rings. The van der Waals surface area contributed by atoms with E-state index in [4.69, 9.17) is 27.9 Å². The Balaban J connectivity index is 2.01. The number of methoxy groups -OCH3 is 1. The molecule has 0 bridgehead atoms. The van der Waals surface area contributed by atoms with Gasteiger partial charge < -0.3 is 15.2 Å². The number of aromatic hydroxyl groups is 1. The molecule has 3 nitrogen and oxygen atoms in total. The summed E-state index contributed by atoms with van der Waals surface area (Å²) in [5.74, 6) is 0.0963. The predicted octanol–water partition coefficient (Wildman–Crippen LogP) is 3.60. The number of phenols is 1. The number of ether oxygens (including phenoxy) is 1. The molecule has 1 aliphatic carbocycles. The maximum Gasteiger partial charge on any atom is 0.138 e. The zero-order chi connectivity index (χ0) is 14.2. The molecule has 2 atom stereocenters. The summed E-state index contributed by atoms with van der Waals surface area (Å²) in [6.45, 7) is 4.89. The van der Waals surface area contributed by atoms with Crippen LogP contribution in [0.15, 0.2) is 12.1 Å². The molecule has 1 aromatic carbocycles. The third-order valence-corrected chi connectivity index (χ3v) is 4.61. The monoisotopic (exact) mass is 303 g/mol. The highest BCUT2D eigenvalue weighted by atomic mass is 35.5. The van der Waals surface area contributed by atoms with Gasteiger partial charge in [-0.3, -0.25) is 0 Å². The van der Waals surface area contributed by atoms with Gasteiger partial charge in [0.2, 0.25) is 0 Å². The molecule has 1 fully saturated rings. The average Bonchev–Trinajstić information content (AvgIpc) is 2.33. The van der Waals surface area contributed by atoms with Gasteiger partial charge in [-0.1, -0.05) is 37.0 Å². The van der Waals surface area contributed by atoms with Crippen LogP contribution in [0.2, 0.25) is 10.0 Å². The van der Waals surface area contributed by atoms with E-state index in [0.717, 1.165) is 6.42 Å². The van der Waals surface area contributed by atoms with Gasteiger partial charge in [-0.2, -0.15) is 0 Å². The highest BCUT2D eigenvalue weighted by Crippen LogP contribution is 2.42. The Kier molecular flexibility index (Phi) is 4.31. The van der Waals surface area contributed by atoms with Crippen molar-refractivity contribution < 1.29 is 9.84 Å². The van der Waals surface area contributed by atoms with Gasteiger partial charge >= 0.3 is 0 Å². The zero-order valence-electron chi connectivity index (χ0n) is 11.3. The summed E-state index contributed by atoms with van der Waals surface area (Å²) < 4.78 is 5.41. The maximum atomic E-state index is 9.90. The molecule has 2 rings (SSSR count). The van der Waals surface area contributed by atoms with Gasteiger partial charge in [-0.25, -0.2) is 0 Å². The van der Waals surface area contributed by atoms with Gasteiger partial charge in [0.25, 0.3) is 0 Å². The first-order chi connectivity index (χ1) is 8.86. The normalized spacial score (nSPS) is 25.1. The van der Waals surface area contributed by atoms with Crippen LogP contribution >= 0.6 is 23.2 Å². The molecule has 0 amide bonds. The van der Waals surface area contributed by atoms with E-state index in [1.54, 1.807) is 13.2 Å². The third kappa shape index (κ3) is 2.84. The van der Waals surface area contributed by atoms with E-state index in [-0.39, 0.29) is 22.3 Å². The minimum Gasteiger partial charge on any atom is -0.506 e. The van der Waals surface area contributed by atoms with Crippen LogP contribution < -0.4 is 5.32 Å². The van der Waals surface area contributed by atoms with Crippen molar-refractivity contribution in [1.82, 2.24) is 5.32 Å². The fraction of sp³-hybridized carbons (Fsp3) is 0.571. The topological polar surface area (TPSA) is 41.5 Å². The molecule has 1 saturated carbocycles. The van der Waals surface area contributed by atoms with Crippen LogP contribution in [0.3, 0.4) is 0 Å². The van der Waals surface area contributed by atoms with Gasteiger partial charge in [0.15, 0.2) is 0 Å². The Hall–Kier alpha value is -0.480. The Bertz CT molecular complexity index is 477. The second-order valence-electron chi connectivity index (χ2n) is 5.61. The second kappa shape index (κ2) is 5.49. The summed E-state index contributed by atoms with van der Waals surface area (Å²) in [5, 5.41) is 14.1. The highest BCUT2D eigenvalue weighted by molar-refractivity contribution is 6.35. The van der Waals surface area contributed by atoms with Crippen molar-refractivity contribution in [3.05, 3.63) is 27.7 Å². The van der Waals surface area contributed by atoms with E-state index < -0.39 is 0 Å². The summed E-state index contributed by atoms with van der Waals surface area (Å²) in [6.07, 6.45) is 1.25. The molecule has 0 aliphatic heterocycles. The summed E-state index contributed by atoms with van der Waals surface area (Å²) in [7, 11) is 1.74. The molecule has 0 saturated heterocycles. The molecule has 5 heteroatoms. The van der Waals surface area contributed by atoms with Crippen LogP contribution in [0, 0.1) is 5.41 Å². The summed E-state index contributed by atoms with van der Waals surface area (Å²) >= 11 is 11.8. The van der Waals surface area contributed by atoms with E-state index in [0.29, 0.717) is 23.2 Å². The lowest BCUT2D eigenvalue weighted by molar-refractivity contribution is -0.0979. The van der Waals surface area contributed by atoms with Crippen molar-refractivity contribution in [2.45, 2.75) is 39.0 Å². The molecule has 0 spiro atoms. The first-order valence-electron chi connectivity index (χ1n) is 6.29. The fourth-order valence-electron chi connectivity index (χ4n) is 2.62. The van der Waals surface area contributed by atoms with Crippen molar-refractivity contribution in [3.8, 4) is 5.75 Å². The van der Waals surface area contributed by atoms with Crippen molar-refractivity contribution >= 4 is 23.2 Å². The predicted molar refractivity (Wildman–Crippen MR) is 77.9 cm³/mol. The number of benzene rings is 1. The van der Waals surface area contributed by atoms with Crippen LogP contribution in [-0.4, -0.2) is 24.4 Å². The van der Waals surface area contributed by atoms with Crippen LogP contribution in [0.1, 0.15) is 25.8 Å². The smallest absolute Gasteiger partial charge is 0.138 e. The Morgan fingerprint density at radius 2 is 2.11 bits per heavy atom. The van der Waals surface area contributed by atoms with Crippen molar-refractivity contribution in [3.63, 3.8) is 0 Å². The third-order valence-electron chi connectivity index (χ3n) is 4.11. The molecule has 2 unspecified atom stereocenters. The molecular weight excluding hydrogens is 285 g/mol. The zero-order valence-corrected chi connectivity index (χ0v) is 12.8. The Morgan fingerprint density at radius 1 is 1.42 bits per heavy atom. The SMILES string of the molecule is COC1CC(NCc2cc(Cl)cc(Cl)c2O)C1(C)C. The number of rotatable bonds is 4. The van der Waals surface area contributed by atoms with Crippen LogP contribution in [0.25, 0.3) is 0 Å². The summed E-state index contributed by atoms with van der Waals surface area (Å²) in [6, 6.07) is 3.63. The molecule has 0 heterocycles. The minimum absolute atomic E-state index is 0.0900. The van der Waals surface area contributed by atoms with E-state index >= 15 is 0 Å². The Labute approximate surface area is 123 Å². The molecular formula is C14H19Cl2NO2. The minimum atomic E-state index is 0.0900. The molecule has 0 aromatic heterocycles. The fourth-order valence-corrected chi connectivity index (χ4v) is 3.15. The quantitative estimate of drug-likeness (QED) is 0.893.